The van der Waals surface area contributed by atoms with Gasteiger partial charge in [-0.15, -0.1) is 21.5 Å². The first-order chi connectivity index (χ1) is 13.7. The lowest BCUT2D eigenvalue weighted by atomic mass is 10.2. The van der Waals surface area contributed by atoms with E-state index in [0.717, 1.165) is 29.2 Å². The van der Waals surface area contributed by atoms with E-state index >= 15 is 0 Å². The van der Waals surface area contributed by atoms with Crippen molar-refractivity contribution in [1.82, 2.24) is 30.4 Å². The number of amides is 3. The molecular formula is C18H20N6O2S2. The van der Waals surface area contributed by atoms with Crippen LogP contribution in [0.3, 0.4) is 0 Å². The molecule has 0 aliphatic heterocycles. The van der Waals surface area contributed by atoms with Crippen LogP contribution in [0.2, 0.25) is 0 Å². The second-order valence-electron chi connectivity index (χ2n) is 5.79. The van der Waals surface area contributed by atoms with Crippen molar-refractivity contribution in [3.63, 3.8) is 0 Å². The predicted molar refractivity (Wildman–Crippen MR) is 109 cm³/mol. The second-order valence-corrected chi connectivity index (χ2v) is 7.77. The number of carbonyl (C=O) groups excluding carboxylic acids is 2. The van der Waals surface area contributed by atoms with Gasteiger partial charge in [0, 0.05) is 29.4 Å². The molecule has 0 aliphatic carbocycles. The van der Waals surface area contributed by atoms with E-state index < -0.39 is 6.03 Å². The Kier molecular flexibility index (Phi) is 7.15. The van der Waals surface area contributed by atoms with E-state index in [-0.39, 0.29) is 11.7 Å². The number of hydrogen-bond donors (Lipinski definition) is 2. The third kappa shape index (κ3) is 5.40. The van der Waals surface area contributed by atoms with Gasteiger partial charge in [-0.3, -0.25) is 15.1 Å². The van der Waals surface area contributed by atoms with Gasteiger partial charge in [0.1, 0.15) is 0 Å². The van der Waals surface area contributed by atoms with E-state index in [4.69, 9.17) is 0 Å². The molecule has 0 spiro atoms. The van der Waals surface area contributed by atoms with Crippen molar-refractivity contribution < 1.29 is 9.59 Å². The van der Waals surface area contributed by atoms with Gasteiger partial charge in [-0.25, -0.2) is 4.79 Å². The maximum Gasteiger partial charge on any atom is 0.321 e. The van der Waals surface area contributed by atoms with Gasteiger partial charge in [0.05, 0.1) is 12.3 Å². The fraction of sp³-hybridized carbons (Fsp3) is 0.278. The monoisotopic (exact) mass is 416 g/mol. The number of nitrogens with zero attached hydrogens (tertiary/aromatic N) is 4. The first-order valence-electron chi connectivity index (χ1n) is 8.74. The molecular weight excluding hydrogens is 396 g/mol. The molecule has 3 aromatic heterocycles. The highest BCUT2D eigenvalue weighted by molar-refractivity contribution is 7.99. The average Bonchev–Trinajstić information content (AvgIpc) is 3.36. The third-order valence-electron chi connectivity index (χ3n) is 3.69. The number of hydrogen-bond acceptors (Lipinski definition) is 7. The Balaban J connectivity index is 1.55. The Labute approximate surface area is 170 Å². The Morgan fingerprint density at radius 3 is 2.75 bits per heavy atom. The smallest absolute Gasteiger partial charge is 0.321 e. The molecule has 0 fully saturated rings. The molecule has 0 saturated heterocycles. The van der Waals surface area contributed by atoms with Crippen LogP contribution >= 0.6 is 23.1 Å². The Hall–Kier alpha value is -2.72. The summed E-state index contributed by atoms with van der Waals surface area (Å²) in [6.45, 7) is 3.19. The maximum absolute atomic E-state index is 12.1. The quantitative estimate of drug-likeness (QED) is 0.548. The summed E-state index contributed by atoms with van der Waals surface area (Å²) in [5, 5.41) is 16.0. The van der Waals surface area contributed by atoms with E-state index in [1.807, 2.05) is 34.2 Å². The van der Waals surface area contributed by atoms with E-state index in [0.29, 0.717) is 11.7 Å². The van der Waals surface area contributed by atoms with Gasteiger partial charge < -0.3 is 9.88 Å². The molecule has 0 atom stereocenters. The summed E-state index contributed by atoms with van der Waals surface area (Å²) < 4.78 is 1.98. The van der Waals surface area contributed by atoms with E-state index in [1.165, 1.54) is 11.8 Å². The highest BCUT2D eigenvalue weighted by Crippen LogP contribution is 2.23. The van der Waals surface area contributed by atoms with Crippen LogP contribution in [0.15, 0.2) is 47.2 Å². The SMILES string of the molecule is CCCn1c(SCC(=O)NC(=O)NCc2cccs2)nnc1-c1ccncc1. The number of nitrogens with one attached hydrogen (secondary N) is 2. The van der Waals surface area contributed by atoms with Crippen molar-refractivity contribution in [3.05, 3.63) is 46.9 Å². The van der Waals surface area contributed by atoms with Crippen LogP contribution in [0, 0.1) is 0 Å². The van der Waals surface area contributed by atoms with Crippen molar-refractivity contribution in [3.8, 4) is 11.4 Å². The topological polar surface area (TPSA) is 102 Å². The molecule has 8 nitrogen and oxygen atoms in total. The van der Waals surface area contributed by atoms with Gasteiger partial charge >= 0.3 is 6.03 Å². The number of rotatable bonds is 8. The molecule has 146 valence electrons. The average molecular weight is 417 g/mol. The molecule has 28 heavy (non-hydrogen) atoms. The van der Waals surface area contributed by atoms with Crippen LogP contribution in [0.5, 0.6) is 0 Å². The minimum Gasteiger partial charge on any atom is -0.333 e. The summed E-state index contributed by atoms with van der Waals surface area (Å²) in [5.41, 5.74) is 0.917. The Morgan fingerprint density at radius 2 is 2.04 bits per heavy atom. The van der Waals surface area contributed by atoms with Crippen LogP contribution in [-0.2, 0) is 17.9 Å². The molecule has 0 bridgehead atoms. The molecule has 3 rings (SSSR count). The number of aromatic nitrogens is 4. The third-order valence-corrected chi connectivity index (χ3v) is 5.53. The minimum atomic E-state index is -0.508. The highest BCUT2D eigenvalue weighted by Gasteiger charge is 2.16. The maximum atomic E-state index is 12.1. The van der Waals surface area contributed by atoms with E-state index in [9.17, 15) is 9.59 Å². The van der Waals surface area contributed by atoms with E-state index in [2.05, 4.69) is 32.7 Å². The van der Waals surface area contributed by atoms with Gasteiger partial charge in [0.2, 0.25) is 5.91 Å². The lowest BCUT2D eigenvalue weighted by Gasteiger charge is -2.09. The van der Waals surface area contributed by atoms with E-state index in [1.54, 1.807) is 23.7 Å². The number of pyridine rings is 1. The largest absolute Gasteiger partial charge is 0.333 e. The summed E-state index contributed by atoms with van der Waals surface area (Å²) in [6, 6.07) is 7.06. The van der Waals surface area contributed by atoms with Gasteiger partial charge in [0.15, 0.2) is 11.0 Å². The Morgan fingerprint density at radius 1 is 1.21 bits per heavy atom. The molecule has 3 aromatic rings. The first kappa shape index (κ1) is 20.0. The fourth-order valence-electron chi connectivity index (χ4n) is 2.45. The standard InChI is InChI=1S/C18H20N6O2S2/c1-2-9-24-16(13-5-7-19-8-6-13)22-23-18(24)28-12-15(25)21-17(26)20-11-14-4-3-10-27-14/h3-8,10H,2,9,11-12H2,1H3,(H2,20,21,25,26). The zero-order chi connectivity index (χ0) is 19.8. The summed E-state index contributed by atoms with van der Waals surface area (Å²) in [7, 11) is 0. The van der Waals surface area contributed by atoms with Gasteiger partial charge in [-0.05, 0) is 30.0 Å². The number of carbonyl (C=O) groups is 2. The zero-order valence-electron chi connectivity index (χ0n) is 15.3. The van der Waals surface area contributed by atoms with Crippen LogP contribution in [0.25, 0.3) is 11.4 Å². The van der Waals surface area contributed by atoms with Crippen LogP contribution in [0.1, 0.15) is 18.2 Å². The molecule has 3 heterocycles. The normalized spacial score (nSPS) is 10.6. The molecule has 0 unspecified atom stereocenters. The van der Waals surface area contributed by atoms with Crippen molar-refractivity contribution in [1.29, 1.82) is 0 Å². The number of urea groups is 1. The van der Waals surface area contributed by atoms with Crippen molar-refractivity contribution in [2.24, 2.45) is 0 Å². The number of imide groups is 1. The number of thiophene rings is 1. The van der Waals surface area contributed by atoms with Crippen molar-refractivity contribution >= 4 is 35.0 Å². The molecule has 0 radical (unpaired) electrons. The first-order valence-corrected chi connectivity index (χ1v) is 10.6. The highest BCUT2D eigenvalue weighted by atomic mass is 32.2. The lowest BCUT2D eigenvalue weighted by molar-refractivity contribution is -0.117. The molecule has 0 aromatic carbocycles. The predicted octanol–water partition coefficient (Wildman–Crippen LogP) is 2.93. The van der Waals surface area contributed by atoms with Gasteiger partial charge in [0.25, 0.3) is 0 Å². The lowest BCUT2D eigenvalue weighted by Crippen LogP contribution is -2.39. The minimum absolute atomic E-state index is 0.0740. The summed E-state index contributed by atoms with van der Waals surface area (Å²) >= 11 is 2.80. The Bertz CT molecular complexity index is 912. The van der Waals surface area contributed by atoms with Gasteiger partial charge in [-0.2, -0.15) is 0 Å². The van der Waals surface area contributed by atoms with Crippen LogP contribution in [0.4, 0.5) is 4.79 Å². The summed E-state index contributed by atoms with van der Waals surface area (Å²) in [6.07, 6.45) is 4.31. The second kappa shape index (κ2) is 10.00. The van der Waals surface area contributed by atoms with Gasteiger partial charge in [-0.1, -0.05) is 24.8 Å². The van der Waals surface area contributed by atoms with Crippen molar-refractivity contribution in [2.45, 2.75) is 31.6 Å². The van der Waals surface area contributed by atoms with Crippen molar-refractivity contribution in [2.75, 3.05) is 5.75 Å². The molecule has 10 heteroatoms. The fourth-order valence-corrected chi connectivity index (χ4v) is 3.86. The van der Waals surface area contributed by atoms with Crippen LogP contribution in [-0.4, -0.2) is 37.4 Å². The molecule has 0 saturated carbocycles. The molecule has 3 amide bonds. The van der Waals surface area contributed by atoms with Crippen LogP contribution < -0.4 is 10.6 Å². The zero-order valence-corrected chi connectivity index (χ0v) is 16.9. The molecule has 2 N–H and O–H groups in total. The molecule has 0 aliphatic rings. The number of thioether (sulfide) groups is 1. The summed E-state index contributed by atoms with van der Waals surface area (Å²) in [5.74, 6) is 0.427. The summed E-state index contributed by atoms with van der Waals surface area (Å²) in [4.78, 5) is 29.0.